The molecule has 1 fully saturated rings. The highest BCUT2D eigenvalue weighted by molar-refractivity contribution is 5.82. The quantitative estimate of drug-likeness (QED) is 0.642. The van der Waals surface area contributed by atoms with Gasteiger partial charge in [-0.3, -0.25) is 0 Å². The van der Waals surface area contributed by atoms with Gasteiger partial charge in [-0.1, -0.05) is 20.3 Å². The van der Waals surface area contributed by atoms with Crippen LogP contribution in [0.3, 0.4) is 0 Å². The number of urea groups is 1. The highest BCUT2D eigenvalue weighted by Gasteiger charge is 2.23. The summed E-state index contributed by atoms with van der Waals surface area (Å²) in [4.78, 5) is 24.9. The lowest BCUT2D eigenvalue weighted by Crippen LogP contribution is -2.47. The molecule has 0 saturated carbocycles. The molecule has 1 heterocycles. The normalized spacial score (nSPS) is 21.1. The molecule has 110 valence electrons. The molecule has 0 aromatic carbocycles. The Kier molecular flexibility index (Phi) is 6.62. The number of likely N-dealkylation sites (tertiary alicyclic amines) is 1. The van der Waals surface area contributed by atoms with Crippen LogP contribution in [0, 0.1) is 5.92 Å². The minimum Gasteiger partial charge on any atom is -0.480 e. The second-order valence-corrected chi connectivity index (χ2v) is 5.08. The van der Waals surface area contributed by atoms with Crippen molar-refractivity contribution in [3.05, 3.63) is 0 Å². The molecule has 0 aromatic heterocycles. The predicted molar refractivity (Wildman–Crippen MR) is 73.1 cm³/mol. The summed E-state index contributed by atoms with van der Waals surface area (Å²) in [5, 5.41) is 14.2. The molecule has 6 nitrogen and oxygen atoms in total. The van der Waals surface area contributed by atoms with Gasteiger partial charge < -0.3 is 20.6 Å². The zero-order valence-electron chi connectivity index (χ0n) is 11.8. The number of rotatable bonds is 7. The third kappa shape index (κ3) is 5.46. The van der Waals surface area contributed by atoms with Crippen LogP contribution in [-0.2, 0) is 4.79 Å². The average Bonchev–Trinajstić information content (AvgIpc) is 2.83. The first-order chi connectivity index (χ1) is 9.06. The molecule has 0 bridgehead atoms. The third-order valence-electron chi connectivity index (χ3n) is 3.55. The highest BCUT2D eigenvalue weighted by Crippen LogP contribution is 2.14. The monoisotopic (exact) mass is 271 g/mol. The second kappa shape index (κ2) is 7.99. The summed E-state index contributed by atoms with van der Waals surface area (Å²) in [7, 11) is 0. The van der Waals surface area contributed by atoms with Gasteiger partial charge in [0, 0.05) is 13.1 Å². The molecule has 1 saturated heterocycles. The minimum atomic E-state index is -0.977. The SMILES string of the molecule is CCC[C@H](NC(=O)NCC1CCN(CC)C1)C(=O)O. The minimum absolute atomic E-state index is 0.379. The summed E-state index contributed by atoms with van der Waals surface area (Å²) in [6.45, 7) is 7.77. The fourth-order valence-electron chi connectivity index (χ4n) is 2.36. The van der Waals surface area contributed by atoms with Gasteiger partial charge in [0.1, 0.15) is 6.04 Å². The van der Waals surface area contributed by atoms with Crippen LogP contribution in [-0.4, -0.2) is 54.2 Å². The number of hydrogen-bond acceptors (Lipinski definition) is 3. The van der Waals surface area contributed by atoms with Gasteiger partial charge in [-0.2, -0.15) is 0 Å². The van der Waals surface area contributed by atoms with E-state index in [2.05, 4.69) is 22.5 Å². The standard InChI is InChI=1S/C13H25N3O3/c1-3-5-11(12(17)18)15-13(19)14-8-10-6-7-16(4-2)9-10/h10-11H,3-9H2,1-2H3,(H,17,18)(H2,14,15,19)/t10?,11-/m0/s1. The molecule has 2 amide bonds. The Hall–Kier alpha value is -1.30. The third-order valence-corrected chi connectivity index (χ3v) is 3.55. The lowest BCUT2D eigenvalue weighted by atomic mass is 10.1. The van der Waals surface area contributed by atoms with E-state index in [-0.39, 0.29) is 6.03 Å². The molecule has 1 rings (SSSR count). The van der Waals surface area contributed by atoms with Gasteiger partial charge in [0.15, 0.2) is 0 Å². The van der Waals surface area contributed by atoms with Crippen LogP contribution >= 0.6 is 0 Å². The molecule has 0 aromatic rings. The van der Waals surface area contributed by atoms with E-state index in [1.807, 2.05) is 6.92 Å². The fourth-order valence-corrected chi connectivity index (χ4v) is 2.36. The topological polar surface area (TPSA) is 81.7 Å². The highest BCUT2D eigenvalue weighted by atomic mass is 16.4. The van der Waals surface area contributed by atoms with Crippen molar-refractivity contribution < 1.29 is 14.7 Å². The number of nitrogens with one attached hydrogen (secondary N) is 2. The summed E-state index contributed by atoms with van der Waals surface area (Å²) in [6, 6.07) is -1.17. The number of carbonyl (C=O) groups excluding carboxylic acids is 1. The molecular weight excluding hydrogens is 246 g/mol. The molecule has 19 heavy (non-hydrogen) atoms. The summed E-state index contributed by atoms with van der Waals surface area (Å²) in [5.74, 6) is -0.504. The lowest BCUT2D eigenvalue weighted by molar-refractivity contribution is -0.139. The second-order valence-electron chi connectivity index (χ2n) is 5.08. The molecule has 2 atom stereocenters. The van der Waals surface area contributed by atoms with Crippen molar-refractivity contribution in [1.29, 1.82) is 0 Å². The number of hydrogen-bond donors (Lipinski definition) is 3. The molecule has 6 heteroatoms. The molecule has 1 aliphatic rings. The number of carboxylic acid groups (broad SMARTS) is 1. The molecule has 1 unspecified atom stereocenters. The Bertz CT molecular complexity index is 310. The first-order valence-electron chi connectivity index (χ1n) is 7.06. The zero-order chi connectivity index (χ0) is 14.3. The molecule has 0 radical (unpaired) electrons. The molecule has 1 aliphatic heterocycles. The maximum Gasteiger partial charge on any atom is 0.326 e. The van der Waals surface area contributed by atoms with Crippen molar-refractivity contribution in [2.75, 3.05) is 26.2 Å². The van der Waals surface area contributed by atoms with E-state index < -0.39 is 12.0 Å². The van der Waals surface area contributed by atoms with E-state index in [0.717, 1.165) is 32.5 Å². The van der Waals surface area contributed by atoms with Gasteiger partial charge in [0.05, 0.1) is 0 Å². The van der Waals surface area contributed by atoms with Crippen LogP contribution < -0.4 is 10.6 Å². The zero-order valence-corrected chi connectivity index (χ0v) is 11.8. The summed E-state index contributed by atoms with van der Waals surface area (Å²) in [6.07, 6.45) is 2.27. The number of carbonyl (C=O) groups is 2. The van der Waals surface area contributed by atoms with Crippen molar-refractivity contribution in [3.63, 3.8) is 0 Å². The molecular formula is C13H25N3O3. The van der Waals surface area contributed by atoms with Crippen LogP contribution in [0.1, 0.15) is 33.1 Å². The number of nitrogens with zero attached hydrogens (tertiary/aromatic N) is 1. The Balaban J connectivity index is 2.25. The number of aliphatic carboxylic acids is 1. The van der Waals surface area contributed by atoms with E-state index in [1.165, 1.54) is 0 Å². The van der Waals surface area contributed by atoms with Crippen LogP contribution in [0.25, 0.3) is 0 Å². The fraction of sp³-hybridized carbons (Fsp3) is 0.846. The van der Waals surface area contributed by atoms with E-state index in [9.17, 15) is 9.59 Å². The molecule has 3 N–H and O–H groups in total. The summed E-state index contributed by atoms with van der Waals surface area (Å²) in [5.41, 5.74) is 0. The summed E-state index contributed by atoms with van der Waals surface area (Å²) < 4.78 is 0. The lowest BCUT2D eigenvalue weighted by Gasteiger charge is -2.16. The number of amides is 2. The van der Waals surface area contributed by atoms with E-state index in [0.29, 0.717) is 18.9 Å². The Morgan fingerprint density at radius 1 is 1.42 bits per heavy atom. The Morgan fingerprint density at radius 2 is 2.16 bits per heavy atom. The van der Waals surface area contributed by atoms with E-state index in [4.69, 9.17) is 5.11 Å². The van der Waals surface area contributed by atoms with Crippen LogP contribution in [0.15, 0.2) is 0 Å². The van der Waals surface area contributed by atoms with Gasteiger partial charge in [-0.15, -0.1) is 0 Å². The van der Waals surface area contributed by atoms with Gasteiger partial charge in [0.25, 0.3) is 0 Å². The maximum atomic E-state index is 11.6. The smallest absolute Gasteiger partial charge is 0.326 e. The average molecular weight is 271 g/mol. The maximum absolute atomic E-state index is 11.6. The van der Waals surface area contributed by atoms with Gasteiger partial charge >= 0.3 is 12.0 Å². The van der Waals surface area contributed by atoms with Crippen molar-refractivity contribution >= 4 is 12.0 Å². The first kappa shape index (κ1) is 15.8. The Morgan fingerprint density at radius 3 is 2.68 bits per heavy atom. The van der Waals surface area contributed by atoms with E-state index in [1.54, 1.807) is 0 Å². The van der Waals surface area contributed by atoms with Crippen LogP contribution in [0.2, 0.25) is 0 Å². The predicted octanol–water partition coefficient (Wildman–Crippen LogP) is 0.881. The van der Waals surface area contributed by atoms with Crippen molar-refractivity contribution in [1.82, 2.24) is 15.5 Å². The van der Waals surface area contributed by atoms with Crippen LogP contribution in [0.4, 0.5) is 4.79 Å². The van der Waals surface area contributed by atoms with Gasteiger partial charge in [-0.05, 0) is 31.8 Å². The molecule has 0 spiro atoms. The summed E-state index contributed by atoms with van der Waals surface area (Å²) >= 11 is 0. The van der Waals surface area contributed by atoms with Crippen molar-refractivity contribution in [2.45, 2.75) is 39.2 Å². The largest absolute Gasteiger partial charge is 0.480 e. The van der Waals surface area contributed by atoms with E-state index >= 15 is 0 Å². The van der Waals surface area contributed by atoms with Gasteiger partial charge in [-0.25, -0.2) is 9.59 Å². The number of carboxylic acids is 1. The van der Waals surface area contributed by atoms with Crippen LogP contribution in [0.5, 0.6) is 0 Å². The van der Waals surface area contributed by atoms with Crippen molar-refractivity contribution in [3.8, 4) is 0 Å². The first-order valence-corrected chi connectivity index (χ1v) is 7.06. The van der Waals surface area contributed by atoms with Gasteiger partial charge in [0.2, 0.25) is 0 Å². The van der Waals surface area contributed by atoms with Crippen molar-refractivity contribution in [2.24, 2.45) is 5.92 Å². The molecule has 0 aliphatic carbocycles. The Labute approximate surface area is 114 Å².